The number of ether oxygens (including phenoxy) is 1. The largest absolute Gasteiger partial charge is 0.381 e. The molecule has 2 heterocycles. The highest BCUT2D eigenvalue weighted by Crippen LogP contribution is 2.29. The summed E-state index contributed by atoms with van der Waals surface area (Å²) in [4.78, 5) is 38.8. The Morgan fingerprint density at radius 1 is 1.07 bits per heavy atom. The molecule has 2 aliphatic heterocycles. The molecule has 1 spiro atoms. The summed E-state index contributed by atoms with van der Waals surface area (Å²) in [5.74, 6) is -0.413. The van der Waals surface area contributed by atoms with E-state index in [4.69, 9.17) is 4.74 Å². The van der Waals surface area contributed by atoms with E-state index in [1.807, 2.05) is 31.2 Å². The first kappa shape index (κ1) is 19.1. The fourth-order valence-corrected chi connectivity index (χ4v) is 3.66. The molecule has 2 N–H and O–H groups in total. The summed E-state index contributed by atoms with van der Waals surface area (Å²) in [6.45, 7) is 3.09. The van der Waals surface area contributed by atoms with E-state index in [0.29, 0.717) is 31.6 Å². The molecule has 7 nitrogen and oxygen atoms in total. The molecule has 2 saturated heterocycles. The molecule has 2 aromatic rings. The lowest BCUT2D eigenvalue weighted by atomic mass is 9.90. The highest BCUT2D eigenvalue weighted by Gasteiger charge is 2.51. The Hall–Kier alpha value is -3.19. The number of rotatable bonds is 4. The number of amides is 4. The summed E-state index contributed by atoms with van der Waals surface area (Å²) in [5.41, 5.74) is 2.31. The molecule has 0 bridgehead atoms. The highest BCUT2D eigenvalue weighted by molar-refractivity contribution is 6.07. The Bertz CT molecular complexity index is 932. The molecule has 0 saturated carbocycles. The van der Waals surface area contributed by atoms with E-state index < -0.39 is 5.54 Å². The summed E-state index contributed by atoms with van der Waals surface area (Å²) in [7, 11) is 0. The lowest BCUT2D eigenvalue weighted by Gasteiger charge is -2.30. The molecule has 0 atom stereocenters. The van der Waals surface area contributed by atoms with Crippen LogP contribution in [0.1, 0.15) is 34.3 Å². The fourth-order valence-electron chi connectivity index (χ4n) is 3.66. The first-order valence-corrected chi connectivity index (χ1v) is 9.66. The van der Waals surface area contributed by atoms with Gasteiger partial charge >= 0.3 is 6.03 Å². The van der Waals surface area contributed by atoms with Crippen LogP contribution in [0.2, 0.25) is 0 Å². The summed E-state index contributed by atoms with van der Waals surface area (Å²) >= 11 is 0. The van der Waals surface area contributed by atoms with Crippen LogP contribution in [0, 0.1) is 6.92 Å². The second-order valence-corrected chi connectivity index (χ2v) is 7.53. The number of carbonyl (C=O) groups is 3. The SMILES string of the molecule is Cc1ccc(NC(=O)c2ccc(CN3C(=O)NC4(CCOCC4)C3=O)cc2)cc1. The number of hydrogen-bond acceptors (Lipinski definition) is 4. The van der Waals surface area contributed by atoms with Crippen molar-refractivity contribution in [1.82, 2.24) is 10.2 Å². The van der Waals surface area contributed by atoms with Gasteiger partial charge in [0.1, 0.15) is 5.54 Å². The minimum Gasteiger partial charge on any atom is -0.381 e. The number of nitrogens with zero attached hydrogens (tertiary/aromatic N) is 1. The smallest absolute Gasteiger partial charge is 0.325 e. The van der Waals surface area contributed by atoms with E-state index in [2.05, 4.69) is 10.6 Å². The van der Waals surface area contributed by atoms with Gasteiger partial charge in [-0.15, -0.1) is 0 Å². The lowest BCUT2D eigenvalue weighted by Crippen LogP contribution is -2.51. The van der Waals surface area contributed by atoms with Crippen LogP contribution in [0.5, 0.6) is 0 Å². The van der Waals surface area contributed by atoms with Crippen molar-refractivity contribution in [2.24, 2.45) is 0 Å². The van der Waals surface area contributed by atoms with E-state index in [-0.39, 0.29) is 24.4 Å². The number of urea groups is 1. The Labute approximate surface area is 169 Å². The monoisotopic (exact) mass is 393 g/mol. The maximum Gasteiger partial charge on any atom is 0.325 e. The van der Waals surface area contributed by atoms with Crippen LogP contribution in [-0.2, 0) is 16.1 Å². The van der Waals surface area contributed by atoms with Crippen LogP contribution in [-0.4, -0.2) is 41.5 Å². The molecule has 0 aromatic heterocycles. The van der Waals surface area contributed by atoms with Crippen LogP contribution < -0.4 is 10.6 Å². The summed E-state index contributed by atoms with van der Waals surface area (Å²) < 4.78 is 5.32. The van der Waals surface area contributed by atoms with Gasteiger partial charge in [-0.25, -0.2) is 4.79 Å². The second-order valence-electron chi connectivity index (χ2n) is 7.53. The second kappa shape index (κ2) is 7.67. The van der Waals surface area contributed by atoms with Gasteiger partial charge in [-0.05, 0) is 36.8 Å². The van der Waals surface area contributed by atoms with E-state index in [1.54, 1.807) is 24.3 Å². The summed E-state index contributed by atoms with van der Waals surface area (Å²) in [6, 6.07) is 14.1. The first-order chi connectivity index (χ1) is 14.0. The Balaban J connectivity index is 1.41. The number of anilines is 1. The van der Waals surface area contributed by atoms with E-state index in [9.17, 15) is 14.4 Å². The average Bonchev–Trinajstić information content (AvgIpc) is 2.94. The molecule has 2 aliphatic rings. The predicted octanol–water partition coefficient (Wildman–Crippen LogP) is 2.85. The minimum absolute atomic E-state index is 0.174. The highest BCUT2D eigenvalue weighted by atomic mass is 16.5. The molecule has 7 heteroatoms. The van der Waals surface area contributed by atoms with Crippen molar-refractivity contribution in [3.63, 3.8) is 0 Å². The van der Waals surface area contributed by atoms with Gasteiger partial charge in [0.25, 0.3) is 11.8 Å². The van der Waals surface area contributed by atoms with E-state index in [0.717, 1.165) is 16.8 Å². The van der Waals surface area contributed by atoms with Crippen LogP contribution in [0.25, 0.3) is 0 Å². The maximum absolute atomic E-state index is 12.8. The zero-order valence-electron chi connectivity index (χ0n) is 16.2. The molecule has 2 fully saturated rings. The Kier molecular flexibility index (Phi) is 5.07. The average molecular weight is 393 g/mol. The third kappa shape index (κ3) is 3.86. The van der Waals surface area contributed by atoms with Gasteiger partial charge in [0.15, 0.2) is 0 Å². The van der Waals surface area contributed by atoms with Gasteiger partial charge in [-0.2, -0.15) is 0 Å². The number of carbonyl (C=O) groups excluding carboxylic acids is 3. The molecule has 0 radical (unpaired) electrons. The number of hydrogen-bond donors (Lipinski definition) is 2. The molecule has 4 rings (SSSR count). The lowest BCUT2D eigenvalue weighted by molar-refractivity contribution is -0.134. The third-order valence-electron chi connectivity index (χ3n) is 5.46. The summed E-state index contributed by atoms with van der Waals surface area (Å²) in [6.07, 6.45) is 0.985. The van der Waals surface area contributed by atoms with Gasteiger partial charge in [0.05, 0.1) is 6.54 Å². The number of imide groups is 1. The molecular weight excluding hydrogens is 370 g/mol. The van der Waals surface area contributed by atoms with E-state index in [1.165, 1.54) is 4.90 Å². The zero-order valence-corrected chi connectivity index (χ0v) is 16.2. The third-order valence-corrected chi connectivity index (χ3v) is 5.46. The topological polar surface area (TPSA) is 87.7 Å². The zero-order chi connectivity index (χ0) is 20.4. The van der Waals surface area contributed by atoms with Crippen molar-refractivity contribution in [2.45, 2.75) is 31.8 Å². The first-order valence-electron chi connectivity index (χ1n) is 9.66. The number of nitrogens with one attached hydrogen (secondary N) is 2. The molecule has 2 aromatic carbocycles. The standard InChI is InChI=1S/C22H23N3O4/c1-15-2-8-18(9-3-15)23-19(26)17-6-4-16(5-7-17)14-25-20(27)22(24-21(25)28)10-12-29-13-11-22/h2-9H,10-14H2,1H3,(H,23,26)(H,24,28). The van der Waals surface area contributed by atoms with Gasteiger partial charge in [-0.3, -0.25) is 14.5 Å². The predicted molar refractivity (Wildman–Crippen MR) is 107 cm³/mol. The van der Waals surface area contributed by atoms with Crippen molar-refractivity contribution >= 4 is 23.5 Å². The van der Waals surface area contributed by atoms with Crippen LogP contribution in [0.4, 0.5) is 10.5 Å². The van der Waals surface area contributed by atoms with Crippen molar-refractivity contribution in [1.29, 1.82) is 0 Å². The number of benzene rings is 2. The molecule has 0 aliphatic carbocycles. The van der Waals surface area contributed by atoms with Crippen molar-refractivity contribution < 1.29 is 19.1 Å². The number of aryl methyl sites for hydroxylation is 1. The summed E-state index contributed by atoms with van der Waals surface area (Å²) in [5, 5.41) is 5.70. The van der Waals surface area contributed by atoms with Gasteiger partial charge < -0.3 is 15.4 Å². The quantitative estimate of drug-likeness (QED) is 0.782. The maximum atomic E-state index is 12.8. The van der Waals surface area contributed by atoms with Crippen LogP contribution >= 0.6 is 0 Å². The Morgan fingerprint density at radius 2 is 1.72 bits per heavy atom. The van der Waals surface area contributed by atoms with Gasteiger partial charge in [0.2, 0.25) is 0 Å². The molecule has 4 amide bonds. The molecule has 0 unspecified atom stereocenters. The molecule has 150 valence electrons. The van der Waals surface area contributed by atoms with Crippen LogP contribution in [0.15, 0.2) is 48.5 Å². The Morgan fingerprint density at radius 3 is 2.38 bits per heavy atom. The molecular formula is C22H23N3O4. The van der Waals surface area contributed by atoms with Crippen molar-refractivity contribution in [3.05, 3.63) is 65.2 Å². The molecule has 29 heavy (non-hydrogen) atoms. The fraction of sp³-hybridized carbons (Fsp3) is 0.318. The van der Waals surface area contributed by atoms with Crippen molar-refractivity contribution in [2.75, 3.05) is 18.5 Å². The van der Waals surface area contributed by atoms with Crippen LogP contribution in [0.3, 0.4) is 0 Å². The normalized spacial score (nSPS) is 18.0. The van der Waals surface area contributed by atoms with Gasteiger partial charge in [0, 0.05) is 37.3 Å². The van der Waals surface area contributed by atoms with Gasteiger partial charge in [-0.1, -0.05) is 29.8 Å². The van der Waals surface area contributed by atoms with E-state index >= 15 is 0 Å². The minimum atomic E-state index is -0.830. The van der Waals surface area contributed by atoms with Crippen molar-refractivity contribution in [3.8, 4) is 0 Å².